The molecular weight excluding hydrogens is 296 g/mol. The van der Waals surface area contributed by atoms with E-state index in [1.807, 2.05) is 6.08 Å². The molecule has 0 saturated carbocycles. The topological polar surface area (TPSA) is 37.3 Å². The summed E-state index contributed by atoms with van der Waals surface area (Å²) in [6, 6.07) is 0. The summed E-state index contributed by atoms with van der Waals surface area (Å²) < 4.78 is 0. The number of unbranched alkanes of at least 4 members (excludes halogenated alkanes) is 16. The molecule has 0 bridgehead atoms. The molecule has 0 aromatic heterocycles. The van der Waals surface area contributed by atoms with E-state index in [9.17, 15) is 4.79 Å². The van der Waals surface area contributed by atoms with Crippen molar-refractivity contribution in [2.24, 2.45) is 0 Å². The smallest absolute Gasteiger partial charge is 0.152 e. The van der Waals surface area contributed by atoms with Gasteiger partial charge in [0.1, 0.15) is 0 Å². The lowest BCUT2D eigenvalue weighted by Crippen LogP contribution is -1.85. The minimum Gasteiger partial charge on any atom is -0.396 e. The van der Waals surface area contributed by atoms with E-state index in [0.717, 1.165) is 12.8 Å². The quantitative estimate of drug-likeness (QED) is 0.209. The Balaban J connectivity index is 3.01. The van der Waals surface area contributed by atoms with E-state index in [2.05, 4.69) is 0 Å². The van der Waals surface area contributed by atoms with Crippen LogP contribution >= 0.6 is 0 Å². The van der Waals surface area contributed by atoms with Gasteiger partial charge in [-0.2, -0.15) is 0 Å². The fourth-order valence-corrected chi connectivity index (χ4v) is 3.10. The lowest BCUT2D eigenvalue weighted by atomic mass is 10.0. The summed E-state index contributed by atoms with van der Waals surface area (Å²) in [6.45, 7) is 1.97. The lowest BCUT2D eigenvalue weighted by Gasteiger charge is -2.03. The van der Waals surface area contributed by atoms with Crippen LogP contribution in [0.25, 0.3) is 0 Å². The van der Waals surface area contributed by atoms with Crippen molar-refractivity contribution in [1.29, 1.82) is 0 Å². The first kappa shape index (κ1) is 23.4. The zero-order chi connectivity index (χ0) is 17.7. The third-order valence-electron chi connectivity index (χ3n) is 4.63. The molecule has 0 aromatic rings. The zero-order valence-corrected chi connectivity index (χ0v) is 16.2. The number of ketones is 1. The molecular formula is C22H42O2. The third-order valence-corrected chi connectivity index (χ3v) is 4.63. The predicted octanol–water partition coefficient (Wildman–Crippen LogP) is 6.76. The SMILES string of the molecule is CC(=O)/C=C/CCCCCCCCCCCCCCCCCCO. The van der Waals surface area contributed by atoms with Crippen molar-refractivity contribution >= 4 is 5.78 Å². The van der Waals surface area contributed by atoms with E-state index in [1.165, 1.54) is 96.3 Å². The molecule has 0 radical (unpaired) electrons. The van der Waals surface area contributed by atoms with Gasteiger partial charge in [0.15, 0.2) is 5.78 Å². The van der Waals surface area contributed by atoms with Crippen LogP contribution in [0, 0.1) is 0 Å². The number of aliphatic hydroxyl groups is 1. The molecule has 1 N–H and O–H groups in total. The number of hydrogen-bond donors (Lipinski definition) is 1. The Morgan fingerprint density at radius 3 is 1.29 bits per heavy atom. The standard InChI is InChI=1S/C22H42O2/c1-22(24)20-18-16-14-12-10-8-6-4-2-3-5-7-9-11-13-15-17-19-21-23/h18,20,23H,2-17,19,21H2,1H3/b20-18+. The van der Waals surface area contributed by atoms with Crippen LogP contribution in [-0.2, 0) is 4.79 Å². The van der Waals surface area contributed by atoms with Crippen LogP contribution in [0.5, 0.6) is 0 Å². The van der Waals surface area contributed by atoms with Gasteiger partial charge in [0.25, 0.3) is 0 Å². The van der Waals surface area contributed by atoms with E-state index in [-0.39, 0.29) is 5.78 Å². The molecule has 142 valence electrons. The Kier molecular flexibility index (Phi) is 19.9. The second-order valence-corrected chi connectivity index (χ2v) is 7.18. The van der Waals surface area contributed by atoms with Gasteiger partial charge in [-0.15, -0.1) is 0 Å². The van der Waals surface area contributed by atoms with Crippen molar-refractivity contribution in [3.05, 3.63) is 12.2 Å². The van der Waals surface area contributed by atoms with Gasteiger partial charge in [-0.1, -0.05) is 96.0 Å². The molecule has 0 unspecified atom stereocenters. The number of carbonyl (C=O) groups excluding carboxylic acids is 1. The van der Waals surface area contributed by atoms with Gasteiger partial charge >= 0.3 is 0 Å². The monoisotopic (exact) mass is 338 g/mol. The second-order valence-electron chi connectivity index (χ2n) is 7.18. The molecule has 0 heterocycles. The van der Waals surface area contributed by atoms with Crippen LogP contribution in [0.3, 0.4) is 0 Å². The molecule has 24 heavy (non-hydrogen) atoms. The summed E-state index contributed by atoms with van der Waals surface area (Å²) in [6.07, 6.45) is 26.1. The zero-order valence-electron chi connectivity index (χ0n) is 16.2. The summed E-state index contributed by atoms with van der Waals surface area (Å²) in [5.74, 6) is 0.160. The fraction of sp³-hybridized carbons (Fsp3) is 0.864. The van der Waals surface area contributed by atoms with Crippen LogP contribution in [0.1, 0.15) is 116 Å². The summed E-state index contributed by atoms with van der Waals surface area (Å²) in [7, 11) is 0. The van der Waals surface area contributed by atoms with Crippen molar-refractivity contribution < 1.29 is 9.90 Å². The molecule has 0 amide bonds. The number of aliphatic hydroxyl groups excluding tert-OH is 1. The highest BCUT2D eigenvalue weighted by Crippen LogP contribution is 2.14. The summed E-state index contributed by atoms with van der Waals surface area (Å²) in [5.41, 5.74) is 0. The van der Waals surface area contributed by atoms with Crippen LogP contribution in [0.15, 0.2) is 12.2 Å². The summed E-state index contributed by atoms with van der Waals surface area (Å²) in [5, 5.41) is 8.71. The van der Waals surface area contributed by atoms with Crippen molar-refractivity contribution in [1.82, 2.24) is 0 Å². The first-order valence-corrected chi connectivity index (χ1v) is 10.6. The van der Waals surface area contributed by atoms with E-state index in [1.54, 1.807) is 13.0 Å². The largest absolute Gasteiger partial charge is 0.396 e. The maximum atomic E-state index is 10.7. The Bertz CT molecular complexity index is 284. The fourth-order valence-electron chi connectivity index (χ4n) is 3.10. The maximum absolute atomic E-state index is 10.7. The number of carbonyl (C=O) groups is 1. The van der Waals surface area contributed by atoms with Gasteiger partial charge in [0, 0.05) is 6.61 Å². The molecule has 0 aromatic carbocycles. The first-order chi connectivity index (χ1) is 11.8. The number of allylic oxidation sites excluding steroid dienone is 2. The molecule has 0 aliphatic carbocycles. The molecule has 0 aliphatic heterocycles. The summed E-state index contributed by atoms with van der Waals surface area (Å²) >= 11 is 0. The van der Waals surface area contributed by atoms with Gasteiger partial charge in [-0.05, 0) is 32.3 Å². The van der Waals surface area contributed by atoms with Gasteiger partial charge in [0.2, 0.25) is 0 Å². The van der Waals surface area contributed by atoms with Crippen LogP contribution < -0.4 is 0 Å². The van der Waals surface area contributed by atoms with E-state index in [0.29, 0.717) is 6.61 Å². The van der Waals surface area contributed by atoms with Crippen LogP contribution in [0.4, 0.5) is 0 Å². The van der Waals surface area contributed by atoms with Crippen molar-refractivity contribution in [3.63, 3.8) is 0 Å². The van der Waals surface area contributed by atoms with E-state index < -0.39 is 0 Å². The Hall–Kier alpha value is -0.630. The average molecular weight is 339 g/mol. The van der Waals surface area contributed by atoms with Crippen LogP contribution in [-0.4, -0.2) is 17.5 Å². The molecule has 0 atom stereocenters. The number of rotatable bonds is 19. The van der Waals surface area contributed by atoms with Gasteiger partial charge in [-0.25, -0.2) is 0 Å². The van der Waals surface area contributed by atoms with Crippen molar-refractivity contribution in [2.45, 2.75) is 116 Å². The normalized spacial score (nSPS) is 11.4. The molecule has 0 saturated heterocycles. The highest BCUT2D eigenvalue weighted by atomic mass is 16.2. The van der Waals surface area contributed by atoms with E-state index >= 15 is 0 Å². The lowest BCUT2D eigenvalue weighted by molar-refractivity contribution is -0.112. The van der Waals surface area contributed by atoms with Gasteiger partial charge < -0.3 is 5.11 Å². The molecule has 2 nitrogen and oxygen atoms in total. The average Bonchev–Trinajstić information content (AvgIpc) is 2.56. The van der Waals surface area contributed by atoms with E-state index in [4.69, 9.17) is 5.11 Å². The highest BCUT2D eigenvalue weighted by Gasteiger charge is 1.94. The van der Waals surface area contributed by atoms with Gasteiger partial charge in [0.05, 0.1) is 0 Å². The minimum absolute atomic E-state index is 0.160. The minimum atomic E-state index is 0.160. The Morgan fingerprint density at radius 1 is 0.625 bits per heavy atom. The number of hydrogen-bond acceptors (Lipinski definition) is 2. The van der Waals surface area contributed by atoms with Crippen molar-refractivity contribution in [3.8, 4) is 0 Å². The Morgan fingerprint density at radius 2 is 0.958 bits per heavy atom. The predicted molar refractivity (Wildman–Crippen MR) is 105 cm³/mol. The molecule has 2 heteroatoms. The highest BCUT2D eigenvalue weighted by molar-refractivity contribution is 5.87. The summed E-state index contributed by atoms with van der Waals surface area (Å²) in [4.78, 5) is 10.7. The Labute approximate surface area is 151 Å². The van der Waals surface area contributed by atoms with Crippen molar-refractivity contribution in [2.75, 3.05) is 6.61 Å². The van der Waals surface area contributed by atoms with Gasteiger partial charge in [-0.3, -0.25) is 4.79 Å². The molecule has 0 fully saturated rings. The first-order valence-electron chi connectivity index (χ1n) is 10.6. The third kappa shape index (κ3) is 21.4. The molecule has 0 rings (SSSR count). The second kappa shape index (κ2) is 20.4. The molecule has 0 spiro atoms. The maximum Gasteiger partial charge on any atom is 0.152 e. The van der Waals surface area contributed by atoms with Crippen LogP contribution in [0.2, 0.25) is 0 Å². The molecule has 0 aliphatic rings.